The first-order chi connectivity index (χ1) is 10.2. The van der Waals surface area contributed by atoms with Gasteiger partial charge in [0.1, 0.15) is 17.3 Å². The van der Waals surface area contributed by atoms with Crippen LogP contribution in [0.2, 0.25) is 5.15 Å². The van der Waals surface area contributed by atoms with Crippen LogP contribution in [0, 0.1) is 0 Å². The summed E-state index contributed by atoms with van der Waals surface area (Å²) in [4.78, 5) is 13.7. The largest absolute Gasteiger partial charge is 0.354 e. The summed E-state index contributed by atoms with van der Waals surface area (Å²) in [5, 5.41) is 0.605. The Hall–Kier alpha value is -0.870. The number of nitrogens with zero attached hydrogens (tertiary/aromatic N) is 4. The van der Waals surface area contributed by atoms with E-state index in [1.165, 1.54) is 25.7 Å². The SMILES string of the molecule is CC(C)c1c(Cl)ncnc1N1CCN(C2CCCC2)CC1. The van der Waals surface area contributed by atoms with Gasteiger partial charge in [-0.25, -0.2) is 9.97 Å². The predicted molar refractivity (Wildman–Crippen MR) is 87.2 cm³/mol. The summed E-state index contributed by atoms with van der Waals surface area (Å²) >= 11 is 6.29. The van der Waals surface area contributed by atoms with Gasteiger partial charge in [-0.05, 0) is 18.8 Å². The van der Waals surface area contributed by atoms with Crippen LogP contribution < -0.4 is 4.90 Å². The van der Waals surface area contributed by atoms with Gasteiger partial charge in [-0.1, -0.05) is 38.3 Å². The molecule has 1 aliphatic heterocycles. The molecule has 1 saturated heterocycles. The first-order valence-corrected chi connectivity index (χ1v) is 8.54. The molecule has 0 aromatic carbocycles. The van der Waals surface area contributed by atoms with E-state index in [-0.39, 0.29) is 0 Å². The fourth-order valence-corrected chi connectivity index (χ4v) is 4.03. The average molecular weight is 309 g/mol. The van der Waals surface area contributed by atoms with Gasteiger partial charge in [0.25, 0.3) is 0 Å². The van der Waals surface area contributed by atoms with Crippen LogP contribution in [0.4, 0.5) is 5.82 Å². The Labute approximate surface area is 132 Å². The highest BCUT2D eigenvalue weighted by Gasteiger charge is 2.28. The summed E-state index contributed by atoms with van der Waals surface area (Å²) in [6, 6.07) is 0.825. The molecule has 4 nitrogen and oxygen atoms in total. The standard InChI is InChI=1S/C16H25ClN4/c1-12(2)14-15(17)18-11-19-16(14)21-9-7-20(8-10-21)13-5-3-4-6-13/h11-13H,3-10H2,1-2H3. The molecule has 1 aromatic rings. The highest BCUT2D eigenvalue weighted by Crippen LogP contribution is 2.32. The smallest absolute Gasteiger partial charge is 0.138 e. The van der Waals surface area contributed by atoms with Crippen molar-refractivity contribution in [3.8, 4) is 0 Å². The molecule has 5 heteroatoms. The van der Waals surface area contributed by atoms with E-state index in [4.69, 9.17) is 11.6 Å². The third kappa shape index (κ3) is 3.16. The van der Waals surface area contributed by atoms with Crippen LogP contribution in [-0.2, 0) is 0 Å². The molecule has 3 rings (SSSR count). The maximum Gasteiger partial charge on any atom is 0.138 e. The van der Waals surface area contributed by atoms with Crippen molar-refractivity contribution in [3.05, 3.63) is 17.0 Å². The number of piperazine rings is 1. The maximum atomic E-state index is 6.29. The molecular formula is C16H25ClN4. The van der Waals surface area contributed by atoms with Crippen LogP contribution in [0.3, 0.4) is 0 Å². The van der Waals surface area contributed by atoms with Crippen LogP contribution in [0.1, 0.15) is 51.0 Å². The first-order valence-electron chi connectivity index (χ1n) is 8.16. The van der Waals surface area contributed by atoms with Gasteiger partial charge in [-0.15, -0.1) is 0 Å². The zero-order valence-electron chi connectivity index (χ0n) is 13.1. The van der Waals surface area contributed by atoms with E-state index in [2.05, 4.69) is 33.6 Å². The van der Waals surface area contributed by atoms with Crippen molar-refractivity contribution >= 4 is 17.4 Å². The van der Waals surface area contributed by atoms with Crippen LogP contribution in [-0.4, -0.2) is 47.1 Å². The highest BCUT2D eigenvalue weighted by molar-refractivity contribution is 6.30. The van der Waals surface area contributed by atoms with Gasteiger partial charge in [-0.3, -0.25) is 4.90 Å². The number of halogens is 1. The maximum absolute atomic E-state index is 6.29. The van der Waals surface area contributed by atoms with E-state index in [0.29, 0.717) is 11.1 Å². The molecule has 0 amide bonds. The Kier molecular flexibility index (Phi) is 4.65. The van der Waals surface area contributed by atoms with E-state index in [1.54, 1.807) is 6.33 Å². The van der Waals surface area contributed by atoms with Crippen molar-refractivity contribution in [1.82, 2.24) is 14.9 Å². The summed E-state index contributed by atoms with van der Waals surface area (Å²) in [6.07, 6.45) is 7.17. The van der Waals surface area contributed by atoms with Crippen molar-refractivity contribution in [1.29, 1.82) is 0 Å². The van der Waals surface area contributed by atoms with Gasteiger partial charge in [0.2, 0.25) is 0 Å². The van der Waals surface area contributed by atoms with Gasteiger partial charge >= 0.3 is 0 Å². The van der Waals surface area contributed by atoms with Gasteiger partial charge in [0.15, 0.2) is 0 Å². The Morgan fingerprint density at radius 2 is 1.76 bits per heavy atom. The molecular weight excluding hydrogens is 284 g/mol. The van der Waals surface area contributed by atoms with E-state index in [9.17, 15) is 0 Å². The first kappa shape index (κ1) is 15.0. The topological polar surface area (TPSA) is 32.3 Å². The van der Waals surface area contributed by atoms with Crippen LogP contribution in [0.25, 0.3) is 0 Å². The number of hydrogen-bond acceptors (Lipinski definition) is 4. The molecule has 116 valence electrons. The molecule has 1 aliphatic carbocycles. The second-order valence-electron chi connectivity index (χ2n) is 6.52. The molecule has 2 aliphatic rings. The summed E-state index contributed by atoms with van der Waals surface area (Å²) in [5.41, 5.74) is 1.09. The van der Waals surface area contributed by atoms with Crippen molar-refractivity contribution in [2.45, 2.75) is 51.5 Å². The van der Waals surface area contributed by atoms with Crippen LogP contribution in [0.15, 0.2) is 6.33 Å². The van der Waals surface area contributed by atoms with Crippen molar-refractivity contribution in [3.63, 3.8) is 0 Å². The number of hydrogen-bond donors (Lipinski definition) is 0. The summed E-state index contributed by atoms with van der Waals surface area (Å²) in [5.74, 6) is 1.39. The molecule has 0 spiro atoms. The zero-order chi connectivity index (χ0) is 14.8. The fraction of sp³-hybridized carbons (Fsp3) is 0.750. The lowest BCUT2D eigenvalue weighted by Gasteiger charge is -2.39. The summed E-state index contributed by atoms with van der Waals surface area (Å²) in [7, 11) is 0. The normalized spacial score (nSPS) is 21.4. The van der Waals surface area contributed by atoms with Gasteiger partial charge < -0.3 is 4.90 Å². The molecule has 0 radical (unpaired) electrons. The minimum absolute atomic E-state index is 0.349. The molecule has 0 bridgehead atoms. The predicted octanol–water partition coefficient (Wildman–Crippen LogP) is 3.32. The van der Waals surface area contributed by atoms with E-state index >= 15 is 0 Å². The Morgan fingerprint density at radius 3 is 2.38 bits per heavy atom. The molecule has 2 fully saturated rings. The van der Waals surface area contributed by atoms with Crippen LogP contribution >= 0.6 is 11.6 Å². The van der Waals surface area contributed by atoms with Crippen molar-refractivity contribution in [2.75, 3.05) is 31.1 Å². The minimum Gasteiger partial charge on any atom is -0.354 e. The van der Waals surface area contributed by atoms with Crippen molar-refractivity contribution in [2.24, 2.45) is 0 Å². The molecule has 2 heterocycles. The van der Waals surface area contributed by atoms with E-state index < -0.39 is 0 Å². The van der Waals surface area contributed by atoms with E-state index in [1.807, 2.05) is 0 Å². The molecule has 0 N–H and O–H groups in total. The van der Waals surface area contributed by atoms with Gasteiger partial charge in [-0.2, -0.15) is 0 Å². The zero-order valence-corrected chi connectivity index (χ0v) is 13.8. The Morgan fingerprint density at radius 1 is 1.10 bits per heavy atom. The third-order valence-electron chi connectivity index (χ3n) is 4.85. The van der Waals surface area contributed by atoms with Gasteiger partial charge in [0.05, 0.1) is 0 Å². The molecule has 1 saturated carbocycles. The molecule has 21 heavy (non-hydrogen) atoms. The molecule has 1 aromatic heterocycles. The monoisotopic (exact) mass is 308 g/mol. The number of anilines is 1. The molecule has 0 unspecified atom stereocenters. The number of rotatable bonds is 3. The molecule has 0 atom stereocenters. The third-order valence-corrected chi connectivity index (χ3v) is 5.15. The second kappa shape index (κ2) is 6.49. The average Bonchev–Trinajstić information content (AvgIpc) is 3.01. The second-order valence-corrected chi connectivity index (χ2v) is 6.88. The number of aromatic nitrogens is 2. The highest BCUT2D eigenvalue weighted by atomic mass is 35.5. The van der Waals surface area contributed by atoms with Gasteiger partial charge in [0, 0.05) is 37.8 Å². The van der Waals surface area contributed by atoms with Crippen LogP contribution in [0.5, 0.6) is 0 Å². The lowest BCUT2D eigenvalue weighted by molar-refractivity contribution is 0.187. The Bertz CT molecular complexity index is 477. The quantitative estimate of drug-likeness (QED) is 0.802. The lowest BCUT2D eigenvalue weighted by atomic mass is 10.1. The van der Waals surface area contributed by atoms with Crippen molar-refractivity contribution < 1.29 is 0 Å². The fourth-order valence-electron chi connectivity index (χ4n) is 3.68. The van der Waals surface area contributed by atoms with E-state index in [0.717, 1.165) is 43.6 Å². The minimum atomic E-state index is 0.349. The lowest BCUT2D eigenvalue weighted by Crippen LogP contribution is -2.50. The Balaban J connectivity index is 1.70. The summed E-state index contributed by atoms with van der Waals surface area (Å²) in [6.45, 7) is 8.69. The summed E-state index contributed by atoms with van der Waals surface area (Å²) < 4.78 is 0.